The van der Waals surface area contributed by atoms with Gasteiger partial charge in [0, 0.05) is 10.6 Å². The standard InChI is InChI=1S/C22H25N3O2S/c1-4-15-6-8-16(9-7-15)24-20(26)14(3)25-12-23-21-19(22(25)27)17-10-5-13(2)11-18(17)28-21/h6-9,12-14H,4-5,10-11H2,1-3H3,(H,24,26)/t13-,14-/m1/s1. The Morgan fingerprint density at radius 1 is 1.36 bits per heavy atom. The van der Waals surface area contributed by atoms with Crippen molar-refractivity contribution in [3.05, 3.63) is 57.0 Å². The van der Waals surface area contributed by atoms with Gasteiger partial charge in [-0.2, -0.15) is 0 Å². The van der Waals surface area contributed by atoms with Crippen molar-refractivity contribution in [2.45, 2.75) is 52.5 Å². The minimum Gasteiger partial charge on any atom is -0.324 e. The van der Waals surface area contributed by atoms with Crippen LogP contribution in [0.2, 0.25) is 0 Å². The third-order valence-electron chi connectivity index (χ3n) is 5.67. The SMILES string of the molecule is CCc1ccc(NC(=O)[C@@H](C)n2cnc3sc4c(c3c2=O)CC[C@@H](C)C4)cc1. The quantitative estimate of drug-likeness (QED) is 0.714. The van der Waals surface area contributed by atoms with Crippen LogP contribution >= 0.6 is 11.3 Å². The molecule has 1 aromatic carbocycles. The van der Waals surface area contributed by atoms with Gasteiger partial charge in [0.1, 0.15) is 10.9 Å². The number of fused-ring (bicyclic) bond motifs is 3. The molecule has 2 aromatic heterocycles. The second-order valence-corrected chi connectivity index (χ2v) is 8.79. The third-order valence-corrected chi connectivity index (χ3v) is 6.83. The highest BCUT2D eigenvalue weighted by Gasteiger charge is 2.25. The number of thiophene rings is 1. The summed E-state index contributed by atoms with van der Waals surface area (Å²) in [5.41, 5.74) is 2.99. The van der Waals surface area contributed by atoms with E-state index in [1.807, 2.05) is 24.3 Å². The molecule has 1 aliphatic rings. The van der Waals surface area contributed by atoms with Crippen LogP contribution in [0.5, 0.6) is 0 Å². The maximum absolute atomic E-state index is 13.2. The molecule has 1 amide bonds. The highest BCUT2D eigenvalue weighted by molar-refractivity contribution is 7.18. The van der Waals surface area contributed by atoms with Crippen molar-refractivity contribution in [1.82, 2.24) is 9.55 Å². The van der Waals surface area contributed by atoms with Crippen molar-refractivity contribution in [2.75, 3.05) is 5.32 Å². The Kier molecular flexibility index (Phi) is 5.06. The molecule has 4 rings (SSSR count). The predicted octanol–water partition coefficient (Wildman–Crippen LogP) is 4.34. The van der Waals surface area contributed by atoms with Gasteiger partial charge in [-0.25, -0.2) is 4.98 Å². The fraction of sp³-hybridized carbons (Fsp3) is 0.409. The van der Waals surface area contributed by atoms with Gasteiger partial charge in [0.2, 0.25) is 5.91 Å². The second-order valence-electron chi connectivity index (χ2n) is 7.70. The van der Waals surface area contributed by atoms with E-state index in [9.17, 15) is 9.59 Å². The van der Waals surface area contributed by atoms with E-state index in [0.29, 0.717) is 11.3 Å². The first-order valence-electron chi connectivity index (χ1n) is 9.89. The van der Waals surface area contributed by atoms with Crippen molar-refractivity contribution in [1.29, 1.82) is 0 Å². The lowest BCUT2D eigenvalue weighted by Crippen LogP contribution is -2.32. The molecular weight excluding hydrogens is 370 g/mol. The van der Waals surface area contributed by atoms with Crippen LogP contribution in [0.4, 0.5) is 5.69 Å². The van der Waals surface area contributed by atoms with Crippen molar-refractivity contribution in [2.24, 2.45) is 5.92 Å². The lowest BCUT2D eigenvalue weighted by Gasteiger charge is -2.18. The molecule has 2 heterocycles. The number of hydrogen-bond donors (Lipinski definition) is 1. The van der Waals surface area contributed by atoms with Crippen LogP contribution in [0, 0.1) is 5.92 Å². The highest BCUT2D eigenvalue weighted by atomic mass is 32.1. The molecule has 0 unspecified atom stereocenters. The van der Waals surface area contributed by atoms with E-state index in [1.165, 1.54) is 21.3 Å². The molecule has 2 atom stereocenters. The third kappa shape index (κ3) is 3.37. The average molecular weight is 396 g/mol. The van der Waals surface area contributed by atoms with Crippen molar-refractivity contribution >= 4 is 33.1 Å². The molecule has 0 fully saturated rings. The Balaban J connectivity index is 1.63. The number of hydrogen-bond acceptors (Lipinski definition) is 4. The molecule has 1 N–H and O–H groups in total. The number of amides is 1. The van der Waals surface area contributed by atoms with Gasteiger partial charge in [0.05, 0.1) is 11.7 Å². The molecule has 3 aromatic rings. The minimum atomic E-state index is -0.631. The number of aryl methyl sites for hydroxylation is 2. The number of aromatic nitrogens is 2. The zero-order valence-electron chi connectivity index (χ0n) is 16.5. The maximum atomic E-state index is 13.2. The van der Waals surface area contributed by atoms with Gasteiger partial charge >= 0.3 is 0 Å². The summed E-state index contributed by atoms with van der Waals surface area (Å²) in [7, 11) is 0. The zero-order valence-corrected chi connectivity index (χ0v) is 17.3. The highest BCUT2D eigenvalue weighted by Crippen LogP contribution is 2.35. The molecule has 1 aliphatic carbocycles. The molecule has 0 saturated heterocycles. The summed E-state index contributed by atoms with van der Waals surface area (Å²) in [5.74, 6) is 0.428. The first-order valence-corrected chi connectivity index (χ1v) is 10.7. The van der Waals surface area contributed by atoms with Crippen molar-refractivity contribution < 1.29 is 4.79 Å². The molecule has 5 nitrogen and oxygen atoms in total. The number of nitrogens with zero attached hydrogens (tertiary/aromatic N) is 2. The maximum Gasteiger partial charge on any atom is 0.263 e. The first-order chi connectivity index (χ1) is 13.5. The molecule has 28 heavy (non-hydrogen) atoms. The summed E-state index contributed by atoms with van der Waals surface area (Å²) in [5, 5.41) is 3.61. The van der Waals surface area contributed by atoms with Gasteiger partial charge in [0.15, 0.2) is 0 Å². The van der Waals surface area contributed by atoms with Crippen molar-refractivity contribution in [3.8, 4) is 0 Å². The number of rotatable bonds is 4. The van der Waals surface area contributed by atoms with Gasteiger partial charge in [-0.3, -0.25) is 14.2 Å². The lowest BCUT2D eigenvalue weighted by atomic mass is 9.89. The first kappa shape index (κ1) is 18.9. The number of carbonyl (C=O) groups is 1. The summed E-state index contributed by atoms with van der Waals surface area (Å²) < 4.78 is 1.46. The van der Waals surface area contributed by atoms with Crippen molar-refractivity contribution in [3.63, 3.8) is 0 Å². The fourth-order valence-corrected chi connectivity index (χ4v) is 5.16. The van der Waals surface area contributed by atoms with Crippen LogP contribution in [0.3, 0.4) is 0 Å². The fourth-order valence-electron chi connectivity index (χ4n) is 3.82. The van der Waals surface area contributed by atoms with Gasteiger partial charge in [-0.1, -0.05) is 26.0 Å². The number of anilines is 1. The molecule has 6 heteroatoms. The van der Waals surface area contributed by atoms with Crippen LogP contribution in [-0.2, 0) is 24.1 Å². The summed E-state index contributed by atoms with van der Waals surface area (Å²) in [6.45, 7) is 6.08. The van der Waals surface area contributed by atoms with E-state index in [4.69, 9.17) is 0 Å². The van der Waals surface area contributed by atoms with Crippen LogP contribution in [0.1, 0.15) is 49.2 Å². The predicted molar refractivity (Wildman–Crippen MR) is 114 cm³/mol. The van der Waals surface area contributed by atoms with Gasteiger partial charge in [-0.15, -0.1) is 11.3 Å². The van der Waals surface area contributed by atoms with Crippen LogP contribution in [0.15, 0.2) is 35.4 Å². The Labute approximate surface area is 168 Å². The smallest absolute Gasteiger partial charge is 0.263 e. The molecule has 0 saturated carbocycles. The summed E-state index contributed by atoms with van der Waals surface area (Å²) in [6.07, 6.45) is 5.49. The van der Waals surface area contributed by atoms with Gasteiger partial charge in [-0.05, 0) is 61.8 Å². The van der Waals surface area contributed by atoms with Crippen LogP contribution < -0.4 is 10.9 Å². The number of benzene rings is 1. The van der Waals surface area contributed by atoms with E-state index in [1.54, 1.807) is 18.3 Å². The van der Waals surface area contributed by atoms with E-state index in [-0.39, 0.29) is 11.5 Å². The normalized spacial score (nSPS) is 17.3. The summed E-state index contributed by atoms with van der Waals surface area (Å²) in [4.78, 5) is 32.5. The van der Waals surface area contributed by atoms with E-state index >= 15 is 0 Å². The van der Waals surface area contributed by atoms with Gasteiger partial charge < -0.3 is 5.32 Å². The summed E-state index contributed by atoms with van der Waals surface area (Å²) in [6, 6.07) is 7.15. The lowest BCUT2D eigenvalue weighted by molar-refractivity contribution is -0.118. The Morgan fingerprint density at radius 3 is 2.82 bits per heavy atom. The van der Waals surface area contributed by atoms with E-state index in [0.717, 1.165) is 41.8 Å². The zero-order chi connectivity index (χ0) is 19.8. The topological polar surface area (TPSA) is 64.0 Å². The van der Waals surface area contributed by atoms with E-state index < -0.39 is 6.04 Å². The molecule has 146 valence electrons. The molecule has 0 aliphatic heterocycles. The van der Waals surface area contributed by atoms with Crippen LogP contribution in [-0.4, -0.2) is 15.5 Å². The summed E-state index contributed by atoms with van der Waals surface area (Å²) >= 11 is 1.63. The van der Waals surface area contributed by atoms with Crippen LogP contribution in [0.25, 0.3) is 10.2 Å². The Bertz CT molecular complexity index is 1080. The average Bonchev–Trinajstić information content (AvgIpc) is 3.06. The number of carbonyl (C=O) groups excluding carboxylic acids is 1. The largest absolute Gasteiger partial charge is 0.324 e. The molecule has 0 radical (unpaired) electrons. The monoisotopic (exact) mass is 395 g/mol. The Hall–Kier alpha value is -2.47. The number of nitrogens with one attached hydrogen (secondary N) is 1. The minimum absolute atomic E-state index is 0.110. The van der Waals surface area contributed by atoms with E-state index in [2.05, 4.69) is 24.1 Å². The molecule has 0 bridgehead atoms. The molecular formula is C22H25N3O2S. The second kappa shape index (κ2) is 7.51. The Morgan fingerprint density at radius 2 is 2.11 bits per heavy atom. The van der Waals surface area contributed by atoms with Gasteiger partial charge in [0.25, 0.3) is 5.56 Å². The molecule has 0 spiro atoms.